The molecule has 1 amide bonds. The molecule has 0 radical (unpaired) electrons. The van der Waals surface area contributed by atoms with Gasteiger partial charge >= 0.3 is 0 Å². The third-order valence-corrected chi connectivity index (χ3v) is 7.87. The lowest BCUT2D eigenvalue weighted by atomic mass is 10.2. The van der Waals surface area contributed by atoms with Crippen LogP contribution in [0.25, 0.3) is 10.1 Å². The summed E-state index contributed by atoms with van der Waals surface area (Å²) in [4.78, 5) is 17.9. The van der Waals surface area contributed by atoms with Gasteiger partial charge in [0.05, 0.1) is 29.6 Å². The molecule has 1 fully saturated rings. The Bertz CT molecular complexity index is 1210. The largest absolute Gasteiger partial charge is 0.495 e. The van der Waals surface area contributed by atoms with Crippen molar-refractivity contribution in [3.8, 4) is 5.75 Å². The zero-order valence-corrected chi connectivity index (χ0v) is 19.4. The van der Waals surface area contributed by atoms with Crippen molar-refractivity contribution in [1.82, 2.24) is 4.90 Å². The molecule has 1 saturated heterocycles. The maximum absolute atomic E-state index is 13.1. The molecule has 0 aliphatic carbocycles. The van der Waals surface area contributed by atoms with Crippen LogP contribution in [0.4, 0.5) is 11.4 Å². The molecule has 2 aromatic carbocycles. The molecule has 7 nitrogen and oxygen atoms in total. The highest BCUT2D eigenvalue weighted by molar-refractivity contribution is 7.92. The minimum atomic E-state index is -3.34. The van der Waals surface area contributed by atoms with Gasteiger partial charge in [0.25, 0.3) is 5.91 Å². The highest BCUT2D eigenvalue weighted by atomic mass is 32.2. The van der Waals surface area contributed by atoms with E-state index in [2.05, 4.69) is 4.90 Å². The van der Waals surface area contributed by atoms with E-state index in [0.29, 0.717) is 23.7 Å². The zero-order chi connectivity index (χ0) is 22.2. The van der Waals surface area contributed by atoms with E-state index < -0.39 is 10.0 Å². The van der Waals surface area contributed by atoms with Gasteiger partial charge in [-0.1, -0.05) is 12.1 Å². The third-order valence-electron chi connectivity index (χ3n) is 5.56. The summed E-state index contributed by atoms with van der Waals surface area (Å²) in [6.07, 6.45) is 1.17. The lowest BCUT2D eigenvalue weighted by molar-refractivity contribution is 0.0751. The van der Waals surface area contributed by atoms with Crippen LogP contribution in [-0.2, 0) is 10.0 Å². The van der Waals surface area contributed by atoms with Gasteiger partial charge in [0.2, 0.25) is 10.0 Å². The van der Waals surface area contributed by atoms with Crippen LogP contribution in [-0.4, -0.2) is 65.8 Å². The normalized spacial score (nSPS) is 14.7. The van der Waals surface area contributed by atoms with E-state index in [0.717, 1.165) is 34.6 Å². The standard InChI is InChI=1S/C22H25N3O4S2/c1-23(31(3,27)28)17-8-9-20-16(14-17)15-21(30-20)22(26)25-12-10-24(11-13-25)18-6-4-5-7-19(18)29-2/h4-9,14-15H,10-13H2,1-3H3. The van der Waals surface area contributed by atoms with Crippen molar-refractivity contribution in [1.29, 1.82) is 0 Å². The number of methoxy groups -OCH3 is 1. The predicted octanol–water partition coefficient (Wildman–Crippen LogP) is 3.27. The minimum Gasteiger partial charge on any atom is -0.495 e. The number of rotatable bonds is 5. The summed E-state index contributed by atoms with van der Waals surface area (Å²) in [5, 5.41) is 0.869. The van der Waals surface area contributed by atoms with Gasteiger partial charge in [-0.2, -0.15) is 0 Å². The van der Waals surface area contributed by atoms with Crippen molar-refractivity contribution < 1.29 is 17.9 Å². The zero-order valence-electron chi connectivity index (χ0n) is 17.7. The topological polar surface area (TPSA) is 70.2 Å². The quantitative estimate of drug-likeness (QED) is 0.586. The van der Waals surface area contributed by atoms with Crippen LogP contribution in [0, 0.1) is 0 Å². The van der Waals surface area contributed by atoms with Crippen molar-refractivity contribution in [3.05, 3.63) is 53.4 Å². The summed E-state index contributed by atoms with van der Waals surface area (Å²) in [7, 11) is -0.147. The Morgan fingerprint density at radius 1 is 1.06 bits per heavy atom. The molecule has 0 bridgehead atoms. The fourth-order valence-electron chi connectivity index (χ4n) is 3.72. The molecule has 0 spiro atoms. The molecule has 2 heterocycles. The number of amides is 1. The van der Waals surface area contributed by atoms with Crippen LogP contribution in [0.15, 0.2) is 48.5 Å². The van der Waals surface area contributed by atoms with Gasteiger partial charge in [-0.25, -0.2) is 8.42 Å². The Morgan fingerprint density at radius 3 is 2.45 bits per heavy atom. The first-order chi connectivity index (χ1) is 14.8. The molecular weight excluding hydrogens is 434 g/mol. The van der Waals surface area contributed by atoms with E-state index in [1.54, 1.807) is 13.2 Å². The molecule has 1 aliphatic rings. The number of hydrogen-bond acceptors (Lipinski definition) is 6. The van der Waals surface area contributed by atoms with E-state index >= 15 is 0 Å². The Morgan fingerprint density at radius 2 is 1.77 bits per heavy atom. The molecule has 0 saturated carbocycles. The van der Waals surface area contributed by atoms with Crippen LogP contribution >= 0.6 is 11.3 Å². The van der Waals surface area contributed by atoms with E-state index in [-0.39, 0.29) is 5.91 Å². The van der Waals surface area contributed by atoms with Crippen LogP contribution in [0.5, 0.6) is 5.75 Å². The van der Waals surface area contributed by atoms with Crippen molar-refractivity contribution in [3.63, 3.8) is 0 Å². The molecule has 3 aromatic rings. The summed E-state index contributed by atoms with van der Waals surface area (Å²) >= 11 is 1.44. The summed E-state index contributed by atoms with van der Waals surface area (Å²) in [6, 6.07) is 15.2. The van der Waals surface area contributed by atoms with Crippen molar-refractivity contribution >= 4 is 48.7 Å². The van der Waals surface area contributed by atoms with Gasteiger partial charge < -0.3 is 14.5 Å². The molecule has 1 aliphatic heterocycles. The third kappa shape index (κ3) is 4.33. The number of nitrogens with zero attached hydrogens (tertiary/aromatic N) is 3. The second kappa shape index (κ2) is 8.39. The molecule has 0 unspecified atom stereocenters. The SMILES string of the molecule is COc1ccccc1N1CCN(C(=O)c2cc3cc(N(C)S(C)(=O)=O)ccc3s2)CC1. The molecule has 31 heavy (non-hydrogen) atoms. The maximum atomic E-state index is 13.1. The van der Waals surface area contributed by atoms with Crippen molar-refractivity contribution in [2.45, 2.75) is 0 Å². The summed E-state index contributed by atoms with van der Waals surface area (Å²) in [5.74, 6) is 0.848. The van der Waals surface area contributed by atoms with Crippen LogP contribution < -0.4 is 13.9 Å². The average Bonchev–Trinajstić information content (AvgIpc) is 3.21. The summed E-state index contributed by atoms with van der Waals surface area (Å²) in [5.41, 5.74) is 1.62. The fraction of sp³-hybridized carbons (Fsp3) is 0.318. The van der Waals surface area contributed by atoms with Gasteiger partial charge in [0.15, 0.2) is 0 Å². The van der Waals surface area contributed by atoms with E-state index in [4.69, 9.17) is 4.74 Å². The number of hydrogen-bond donors (Lipinski definition) is 0. The van der Waals surface area contributed by atoms with Crippen LogP contribution in [0.3, 0.4) is 0 Å². The second-order valence-corrected chi connectivity index (χ2v) is 10.6. The number of anilines is 2. The summed E-state index contributed by atoms with van der Waals surface area (Å²) in [6.45, 7) is 2.74. The van der Waals surface area contributed by atoms with Gasteiger partial charge in [0.1, 0.15) is 5.75 Å². The molecule has 1 aromatic heterocycles. The number of benzene rings is 2. The molecule has 164 valence electrons. The number of thiophene rings is 1. The first kappa shape index (κ1) is 21.5. The number of sulfonamides is 1. The average molecular weight is 460 g/mol. The molecule has 0 N–H and O–H groups in total. The van der Waals surface area contributed by atoms with Gasteiger partial charge in [-0.05, 0) is 41.8 Å². The van der Waals surface area contributed by atoms with E-state index in [1.807, 2.05) is 47.4 Å². The Balaban J connectivity index is 1.49. The lowest BCUT2D eigenvalue weighted by Crippen LogP contribution is -2.48. The number of carbonyl (C=O) groups is 1. The van der Waals surface area contributed by atoms with Crippen molar-refractivity contribution in [2.24, 2.45) is 0 Å². The van der Waals surface area contributed by atoms with E-state index in [1.165, 1.54) is 28.9 Å². The number of piperazine rings is 1. The number of carbonyl (C=O) groups excluding carboxylic acids is 1. The van der Waals surface area contributed by atoms with E-state index in [9.17, 15) is 13.2 Å². The Kier molecular flexibility index (Phi) is 5.81. The fourth-order valence-corrected chi connectivity index (χ4v) is 5.23. The smallest absolute Gasteiger partial charge is 0.264 e. The lowest BCUT2D eigenvalue weighted by Gasteiger charge is -2.36. The van der Waals surface area contributed by atoms with Gasteiger partial charge in [0, 0.05) is 37.9 Å². The summed E-state index contributed by atoms with van der Waals surface area (Å²) < 4.78 is 31.3. The van der Waals surface area contributed by atoms with Crippen LogP contribution in [0.1, 0.15) is 9.67 Å². The first-order valence-electron chi connectivity index (χ1n) is 9.92. The second-order valence-electron chi connectivity index (χ2n) is 7.51. The van der Waals surface area contributed by atoms with Gasteiger partial charge in [-0.3, -0.25) is 9.10 Å². The Labute approximate surface area is 186 Å². The molecule has 0 atom stereocenters. The number of ether oxygens (including phenoxy) is 1. The Hall–Kier alpha value is -2.78. The monoisotopic (exact) mass is 459 g/mol. The number of para-hydroxylation sites is 2. The molecule has 9 heteroatoms. The maximum Gasteiger partial charge on any atom is 0.264 e. The van der Waals surface area contributed by atoms with Gasteiger partial charge in [-0.15, -0.1) is 11.3 Å². The van der Waals surface area contributed by atoms with Crippen molar-refractivity contribution in [2.75, 3.05) is 55.8 Å². The highest BCUT2D eigenvalue weighted by Crippen LogP contribution is 2.32. The first-order valence-corrected chi connectivity index (χ1v) is 12.6. The molecule has 4 rings (SSSR count). The highest BCUT2D eigenvalue weighted by Gasteiger charge is 2.25. The predicted molar refractivity (Wildman–Crippen MR) is 126 cm³/mol. The number of fused-ring (bicyclic) bond motifs is 1. The molecular formula is C22H25N3O4S2. The van der Waals surface area contributed by atoms with Crippen LogP contribution in [0.2, 0.25) is 0 Å². The minimum absolute atomic E-state index is 0.0129.